The number of aromatic amines is 1. The number of benzene rings is 1. The summed E-state index contributed by atoms with van der Waals surface area (Å²) in [6, 6.07) is 12.6. The predicted molar refractivity (Wildman–Crippen MR) is 138 cm³/mol. The minimum absolute atomic E-state index is 0.0113. The van der Waals surface area contributed by atoms with Crippen LogP contribution in [0.15, 0.2) is 54.7 Å². The molecule has 36 heavy (non-hydrogen) atoms. The maximum atomic E-state index is 13.7. The van der Waals surface area contributed by atoms with Crippen molar-refractivity contribution in [2.45, 2.75) is 18.9 Å². The molecule has 2 aromatic heterocycles. The molecule has 0 bridgehead atoms. The smallest absolute Gasteiger partial charge is 0.133 e. The second-order valence-corrected chi connectivity index (χ2v) is 9.14. The lowest BCUT2D eigenvalue weighted by atomic mass is 10.0. The lowest BCUT2D eigenvalue weighted by molar-refractivity contribution is -0.108. The van der Waals surface area contributed by atoms with E-state index >= 15 is 0 Å². The van der Waals surface area contributed by atoms with Gasteiger partial charge in [-0.25, -0.2) is 14.4 Å². The molecular weight excluding hydrogens is 457 g/mol. The second kappa shape index (κ2) is 10.8. The zero-order chi connectivity index (χ0) is 24.9. The molecule has 0 aliphatic carbocycles. The summed E-state index contributed by atoms with van der Waals surface area (Å²) in [5.41, 5.74) is 2.51. The van der Waals surface area contributed by atoms with E-state index in [0.29, 0.717) is 18.2 Å². The van der Waals surface area contributed by atoms with Gasteiger partial charge < -0.3 is 19.6 Å². The first kappa shape index (κ1) is 23.9. The minimum atomic E-state index is -0.248. The molecule has 1 unspecified atom stereocenters. The van der Waals surface area contributed by atoms with E-state index < -0.39 is 0 Å². The van der Waals surface area contributed by atoms with Gasteiger partial charge in [-0.15, -0.1) is 0 Å². The SMILES string of the molecule is N=C(/C=C\c1ncc(-c2cccc(N3CCN(CC=O)CC3)n2)[nH]1)N1CCCC1c1cccc(F)c1. The number of rotatable bonds is 7. The average molecular weight is 488 g/mol. The fourth-order valence-corrected chi connectivity index (χ4v) is 4.93. The van der Waals surface area contributed by atoms with Gasteiger partial charge in [-0.3, -0.25) is 10.3 Å². The number of nitrogens with one attached hydrogen (secondary N) is 2. The molecule has 2 N–H and O–H groups in total. The maximum absolute atomic E-state index is 13.7. The van der Waals surface area contributed by atoms with E-state index in [4.69, 9.17) is 10.4 Å². The van der Waals surface area contributed by atoms with Gasteiger partial charge >= 0.3 is 0 Å². The van der Waals surface area contributed by atoms with Crippen LogP contribution in [0, 0.1) is 11.2 Å². The number of carbonyl (C=O) groups is 1. The Hall–Kier alpha value is -3.85. The number of pyridine rings is 1. The van der Waals surface area contributed by atoms with E-state index in [0.717, 1.165) is 74.6 Å². The number of hydrogen-bond acceptors (Lipinski definition) is 6. The van der Waals surface area contributed by atoms with Gasteiger partial charge in [-0.05, 0) is 54.8 Å². The summed E-state index contributed by atoms with van der Waals surface area (Å²) in [4.78, 5) is 29.7. The molecule has 1 aromatic carbocycles. The van der Waals surface area contributed by atoms with Crippen LogP contribution in [0.4, 0.5) is 10.2 Å². The molecule has 5 rings (SSSR count). The number of imidazole rings is 1. The number of likely N-dealkylation sites (tertiary alicyclic amines) is 1. The average Bonchev–Trinajstić information content (AvgIpc) is 3.58. The highest BCUT2D eigenvalue weighted by Gasteiger charge is 2.27. The summed E-state index contributed by atoms with van der Waals surface area (Å²) in [5.74, 6) is 1.69. The summed E-state index contributed by atoms with van der Waals surface area (Å²) >= 11 is 0. The molecule has 0 spiro atoms. The van der Waals surface area contributed by atoms with Crippen LogP contribution in [0.3, 0.4) is 0 Å². The van der Waals surface area contributed by atoms with E-state index in [9.17, 15) is 9.18 Å². The zero-order valence-electron chi connectivity index (χ0n) is 20.1. The van der Waals surface area contributed by atoms with E-state index in [2.05, 4.69) is 19.8 Å². The van der Waals surface area contributed by atoms with Gasteiger partial charge in [-0.1, -0.05) is 18.2 Å². The van der Waals surface area contributed by atoms with E-state index in [1.54, 1.807) is 30.5 Å². The fourth-order valence-electron chi connectivity index (χ4n) is 4.93. The number of nitrogens with zero attached hydrogens (tertiary/aromatic N) is 5. The van der Waals surface area contributed by atoms with Crippen LogP contribution in [0.1, 0.15) is 30.3 Å². The van der Waals surface area contributed by atoms with Gasteiger partial charge in [0.25, 0.3) is 0 Å². The number of halogens is 1. The first-order chi connectivity index (χ1) is 17.6. The number of aldehydes is 1. The molecule has 9 heteroatoms. The molecule has 1 atom stereocenters. The highest BCUT2D eigenvalue weighted by atomic mass is 19.1. The van der Waals surface area contributed by atoms with Crippen molar-refractivity contribution < 1.29 is 9.18 Å². The molecule has 2 saturated heterocycles. The predicted octanol–water partition coefficient (Wildman–Crippen LogP) is 3.76. The monoisotopic (exact) mass is 487 g/mol. The van der Waals surface area contributed by atoms with Gasteiger partial charge in [0.2, 0.25) is 0 Å². The van der Waals surface area contributed by atoms with Gasteiger partial charge in [-0.2, -0.15) is 0 Å². The van der Waals surface area contributed by atoms with Gasteiger partial charge in [0.15, 0.2) is 0 Å². The topological polar surface area (TPSA) is 92.2 Å². The van der Waals surface area contributed by atoms with Crippen molar-refractivity contribution in [1.29, 1.82) is 5.41 Å². The molecule has 3 aromatic rings. The first-order valence-corrected chi connectivity index (χ1v) is 12.3. The third-order valence-corrected chi connectivity index (χ3v) is 6.83. The van der Waals surface area contributed by atoms with E-state index in [1.165, 1.54) is 6.07 Å². The quantitative estimate of drug-likeness (QED) is 0.300. The Bertz CT molecular complexity index is 1250. The zero-order valence-corrected chi connectivity index (χ0v) is 20.1. The van der Waals surface area contributed by atoms with Crippen LogP contribution in [0.25, 0.3) is 17.5 Å². The van der Waals surface area contributed by atoms with Crippen molar-refractivity contribution >= 4 is 24.0 Å². The maximum Gasteiger partial charge on any atom is 0.133 e. The summed E-state index contributed by atoms with van der Waals surface area (Å²) in [6.45, 7) is 4.59. The molecular formula is C27H30FN7O. The van der Waals surface area contributed by atoms with Crippen molar-refractivity contribution in [3.63, 3.8) is 0 Å². The molecule has 0 saturated carbocycles. The number of piperazine rings is 1. The second-order valence-electron chi connectivity index (χ2n) is 9.14. The van der Waals surface area contributed by atoms with Gasteiger partial charge in [0, 0.05) is 32.7 Å². The third-order valence-electron chi connectivity index (χ3n) is 6.83. The van der Waals surface area contributed by atoms with Crippen LogP contribution in [-0.4, -0.2) is 76.1 Å². The number of anilines is 1. The van der Waals surface area contributed by atoms with Crippen LogP contribution in [0.2, 0.25) is 0 Å². The van der Waals surface area contributed by atoms with Crippen LogP contribution in [0.5, 0.6) is 0 Å². The Balaban J connectivity index is 1.24. The largest absolute Gasteiger partial charge is 0.354 e. The molecule has 0 radical (unpaired) electrons. The molecule has 2 aliphatic rings. The van der Waals surface area contributed by atoms with Crippen molar-refractivity contribution in [3.8, 4) is 11.4 Å². The van der Waals surface area contributed by atoms with Crippen molar-refractivity contribution in [2.24, 2.45) is 0 Å². The third kappa shape index (κ3) is 5.36. The Kier molecular flexibility index (Phi) is 7.18. The summed E-state index contributed by atoms with van der Waals surface area (Å²) in [5, 5.41) is 8.58. The number of H-pyrrole nitrogens is 1. The highest BCUT2D eigenvalue weighted by molar-refractivity contribution is 5.94. The Morgan fingerprint density at radius 1 is 1.14 bits per heavy atom. The summed E-state index contributed by atoms with van der Waals surface area (Å²) in [7, 11) is 0. The van der Waals surface area contributed by atoms with Gasteiger partial charge in [0.05, 0.1) is 30.2 Å². The van der Waals surface area contributed by atoms with Gasteiger partial charge in [0.1, 0.15) is 29.6 Å². The first-order valence-electron chi connectivity index (χ1n) is 12.3. The molecule has 186 valence electrons. The van der Waals surface area contributed by atoms with Crippen molar-refractivity contribution in [3.05, 3.63) is 71.9 Å². The van der Waals surface area contributed by atoms with E-state index in [1.807, 2.05) is 29.2 Å². The number of aromatic nitrogens is 3. The molecule has 2 aliphatic heterocycles. The summed E-state index contributed by atoms with van der Waals surface area (Å²) in [6.07, 6.45) is 8.11. The molecule has 2 fully saturated rings. The van der Waals surface area contributed by atoms with Crippen LogP contribution in [-0.2, 0) is 4.79 Å². The highest BCUT2D eigenvalue weighted by Crippen LogP contribution is 2.32. The fraction of sp³-hybridized carbons (Fsp3) is 0.333. The Morgan fingerprint density at radius 2 is 1.97 bits per heavy atom. The Labute approximate surface area is 210 Å². The number of hydrogen-bond donors (Lipinski definition) is 2. The van der Waals surface area contributed by atoms with Crippen LogP contribution < -0.4 is 4.90 Å². The number of carbonyl (C=O) groups excluding carboxylic acids is 1. The molecule has 4 heterocycles. The standard InChI is InChI=1S/C27H30FN7O/c28-21-5-1-4-20(18-21)24-7-3-11-35(24)25(29)9-10-26-30-19-23(31-26)22-6-2-8-27(32-22)34-14-12-33(13-15-34)16-17-36/h1-2,4-6,8-10,17-19,24,29H,3,7,11-16H2,(H,30,31)/b10-9-,29-25?. The minimum Gasteiger partial charge on any atom is -0.354 e. The molecule has 0 amide bonds. The lowest BCUT2D eigenvalue weighted by Crippen LogP contribution is -2.47. The van der Waals surface area contributed by atoms with Crippen molar-refractivity contribution in [2.75, 3.05) is 44.2 Å². The normalized spacial score (nSPS) is 18.8. The molecule has 8 nitrogen and oxygen atoms in total. The Morgan fingerprint density at radius 3 is 2.78 bits per heavy atom. The number of amidine groups is 1. The van der Waals surface area contributed by atoms with Crippen LogP contribution >= 0.6 is 0 Å². The van der Waals surface area contributed by atoms with Crippen molar-refractivity contribution in [1.82, 2.24) is 24.8 Å². The lowest BCUT2D eigenvalue weighted by Gasteiger charge is -2.34. The summed E-state index contributed by atoms with van der Waals surface area (Å²) < 4.78 is 13.7. The van der Waals surface area contributed by atoms with E-state index in [-0.39, 0.29) is 11.9 Å².